The summed E-state index contributed by atoms with van der Waals surface area (Å²) in [4.78, 5) is 12.6. The molecule has 1 saturated heterocycles. The number of ether oxygens (including phenoxy) is 1. The molecule has 1 aromatic rings. The van der Waals surface area contributed by atoms with Crippen LogP contribution in [0.2, 0.25) is 0 Å². The molecule has 132 valence electrons. The first-order chi connectivity index (χ1) is 11.3. The van der Waals surface area contributed by atoms with Gasteiger partial charge >= 0.3 is 5.97 Å². The average Bonchev–Trinajstić information content (AvgIpc) is 2.98. The molecule has 0 aromatic carbocycles. The number of epoxide rings is 1. The molecule has 4 heteroatoms. The van der Waals surface area contributed by atoms with Crippen LogP contribution in [0.4, 0.5) is 0 Å². The van der Waals surface area contributed by atoms with Gasteiger partial charge in [-0.3, -0.25) is 4.79 Å². The molecule has 0 radical (unpaired) electrons. The largest absolute Gasteiger partial charge is 0.481 e. The van der Waals surface area contributed by atoms with E-state index in [4.69, 9.17) is 9.15 Å². The van der Waals surface area contributed by atoms with Crippen LogP contribution in [0.15, 0.2) is 23.0 Å². The van der Waals surface area contributed by atoms with Gasteiger partial charge in [-0.1, -0.05) is 13.8 Å². The maximum Gasteiger partial charge on any atom is 0.310 e. The van der Waals surface area contributed by atoms with Crippen molar-refractivity contribution >= 4 is 5.97 Å². The Morgan fingerprint density at radius 1 is 1.33 bits per heavy atom. The van der Waals surface area contributed by atoms with Crippen LogP contribution in [0.5, 0.6) is 0 Å². The summed E-state index contributed by atoms with van der Waals surface area (Å²) in [5, 5.41) is 10.4. The van der Waals surface area contributed by atoms with Gasteiger partial charge in [0.1, 0.15) is 0 Å². The SMILES string of the molecule is C[C@@H]1CC[C@]2(C)[C@H](CC[C@H]3O[C@]32C)[C@]1(CCc1ccoc1)C(=O)O. The monoisotopic (exact) mass is 332 g/mol. The van der Waals surface area contributed by atoms with Crippen molar-refractivity contribution in [3.05, 3.63) is 24.2 Å². The van der Waals surface area contributed by atoms with E-state index in [1.165, 1.54) is 0 Å². The highest BCUT2D eigenvalue weighted by Gasteiger charge is 2.73. The highest BCUT2D eigenvalue weighted by atomic mass is 16.6. The molecule has 0 spiro atoms. The second kappa shape index (κ2) is 5.10. The lowest BCUT2D eigenvalue weighted by Gasteiger charge is -2.58. The minimum absolute atomic E-state index is 0.0305. The van der Waals surface area contributed by atoms with Gasteiger partial charge in [0.25, 0.3) is 0 Å². The van der Waals surface area contributed by atoms with Crippen molar-refractivity contribution in [2.75, 3.05) is 0 Å². The number of aliphatic carboxylic acids is 1. The molecular formula is C20H28O4. The van der Waals surface area contributed by atoms with E-state index in [9.17, 15) is 9.90 Å². The average molecular weight is 332 g/mol. The molecule has 0 bridgehead atoms. The molecule has 2 heterocycles. The number of hydrogen-bond acceptors (Lipinski definition) is 3. The van der Waals surface area contributed by atoms with E-state index in [0.29, 0.717) is 12.5 Å². The zero-order valence-electron chi connectivity index (χ0n) is 14.9. The lowest BCUT2D eigenvalue weighted by atomic mass is 9.44. The second-order valence-corrected chi connectivity index (χ2v) is 8.68. The maximum absolute atomic E-state index is 12.6. The lowest BCUT2D eigenvalue weighted by molar-refractivity contribution is -0.177. The molecule has 2 aliphatic carbocycles. The molecule has 3 fully saturated rings. The summed E-state index contributed by atoms with van der Waals surface area (Å²) in [5.74, 6) is -0.238. The van der Waals surface area contributed by atoms with E-state index in [0.717, 1.165) is 37.7 Å². The number of carbonyl (C=O) groups is 1. The maximum atomic E-state index is 12.6. The molecule has 6 atom stereocenters. The summed E-state index contributed by atoms with van der Waals surface area (Å²) in [6.45, 7) is 6.64. The summed E-state index contributed by atoms with van der Waals surface area (Å²) in [6, 6.07) is 1.95. The third kappa shape index (κ3) is 1.92. The van der Waals surface area contributed by atoms with Crippen molar-refractivity contribution in [3.63, 3.8) is 0 Å². The molecule has 4 nitrogen and oxygen atoms in total. The van der Waals surface area contributed by atoms with Gasteiger partial charge in [-0.2, -0.15) is 0 Å². The van der Waals surface area contributed by atoms with E-state index in [1.807, 2.05) is 6.07 Å². The topological polar surface area (TPSA) is 63.0 Å². The predicted octanol–water partition coefficient (Wildman–Crippen LogP) is 4.29. The number of hydrogen-bond donors (Lipinski definition) is 1. The number of furan rings is 1. The Morgan fingerprint density at radius 2 is 2.12 bits per heavy atom. The van der Waals surface area contributed by atoms with Gasteiger partial charge < -0.3 is 14.3 Å². The Hall–Kier alpha value is -1.29. The summed E-state index contributed by atoms with van der Waals surface area (Å²) < 4.78 is 11.3. The van der Waals surface area contributed by atoms with Crippen LogP contribution in [-0.2, 0) is 16.0 Å². The van der Waals surface area contributed by atoms with Gasteiger partial charge in [0.2, 0.25) is 0 Å². The number of carboxylic acids is 1. The van der Waals surface area contributed by atoms with Gasteiger partial charge in [0, 0.05) is 5.41 Å². The molecule has 3 aliphatic rings. The second-order valence-electron chi connectivity index (χ2n) is 8.68. The zero-order chi connectivity index (χ0) is 17.2. The fourth-order valence-corrected chi connectivity index (χ4v) is 6.12. The molecule has 1 aliphatic heterocycles. The highest BCUT2D eigenvalue weighted by Crippen LogP contribution is 2.70. The van der Waals surface area contributed by atoms with E-state index in [1.54, 1.807) is 12.5 Å². The summed E-state index contributed by atoms with van der Waals surface area (Å²) in [7, 11) is 0. The van der Waals surface area contributed by atoms with Crippen LogP contribution in [0.25, 0.3) is 0 Å². The van der Waals surface area contributed by atoms with Gasteiger partial charge in [0.15, 0.2) is 0 Å². The fraction of sp³-hybridized carbons (Fsp3) is 0.750. The Kier molecular flexibility index (Phi) is 3.44. The molecule has 1 N–H and O–H groups in total. The lowest BCUT2D eigenvalue weighted by Crippen LogP contribution is -2.60. The minimum Gasteiger partial charge on any atom is -0.481 e. The summed E-state index contributed by atoms with van der Waals surface area (Å²) in [5.41, 5.74) is 0.283. The quantitative estimate of drug-likeness (QED) is 0.836. The van der Waals surface area contributed by atoms with Crippen LogP contribution in [-0.4, -0.2) is 22.8 Å². The van der Waals surface area contributed by atoms with Crippen molar-refractivity contribution in [2.24, 2.45) is 22.7 Å². The van der Waals surface area contributed by atoms with Crippen molar-refractivity contribution in [1.82, 2.24) is 0 Å². The van der Waals surface area contributed by atoms with E-state index >= 15 is 0 Å². The van der Waals surface area contributed by atoms with Crippen LogP contribution < -0.4 is 0 Å². The minimum atomic E-state index is -0.663. The molecule has 0 amide bonds. The third-order valence-corrected chi connectivity index (χ3v) is 7.97. The summed E-state index contributed by atoms with van der Waals surface area (Å²) >= 11 is 0. The van der Waals surface area contributed by atoms with E-state index < -0.39 is 11.4 Å². The first kappa shape index (κ1) is 16.2. The molecule has 0 unspecified atom stereocenters. The molecule has 24 heavy (non-hydrogen) atoms. The van der Waals surface area contributed by atoms with Crippen molar-refractivity contribution in [1.29, 1.82) is 0 Å². The Labute approximate surface area is 143 Å². The first-order valence-corrected chi connectivity index (χ1v) is 9.27. The van der Waals surface area contributed by atoms with Gasteiger partial charge in [0.05, 0.1) is 29.6 Å². The van der Waals surface area contributed by atoms with Crippen LogP contribution in [0.1, 0.15) is 58.4 Å². The molecular weight excluding hydrogens is 304 g/mol. The Bertz CT molecular complexity index is 638. The first-order valence-electron chi connectivity index (χ1n) is 9.27. The van der Waals surface area contributed by atoms with Crippen molar-refractivity contribution in [2.45, 2.75) is 71.0 Å². The number of carboxylic acid groups (broad SMARTS) is 1. The van der Waals surface area contributed by atoms with Gasteiger partial charge in [-0.25, -0.2) is 0 Å². The number of fused-ring (bicyclic) bond motifs is 3. The van der Waals surface area contributed by atoms with Crippen molar-refractivity contribution < 1.29 is 19.1 Å². The standard InChI is InChI=1S/C20H28O4/c1-13-6-9-18(2)15(4-5-16-19(18,3)24-16)20(13,17(21)22)10-7-14-8-11-23-12-14/h8,11-13,15-16H,4-7,9-10H2,1-3H3,(H,21,22)/t13-,15+,16-,18-,19-,20-/m1/s1. The predicted molar refractivity (Wildman–Crippen MR) is 89.6 cm³/mol. The van der Waals surface area contributed by atoms with Gasteiger partial charge in [-0.05, 0) is 68.9 Å². The number of rotatable bonds is 4. The fourth-order valence-electron chi connectivity index (χ4n) is 6.12. The van der Waals surface area contributed by atoms with E-state index in [2.05, 4.69) is 20.8 Å². The van der Waals surface area contributed by atoms with Crippen molar-refractivity contribution in [3.8, 4) is 0 Å². The van der Waals surface area contributed by atoms with Crippen LogP contribution in [0, 0.1) is 22.7 Å². The van der Waals surface area contributed by atoms with Gasteiger partial charge in [-0.15, -0.1) is 0 Å². The Balaban J connectivity index is 1.71. The number of aryl methyl sites for hydroxylation is 1. The Morgan fingerprint density at radius 3 is 2.79 bits per heavy atom. The normalized spacial score (nSPS) is 46.9. The van der Waals surface area contributed by atoms with E-state index in [-0.39, 0.29) is 22.9 Å². The smallest absolute Gasteiger partial charge is 0.310 e. The molecule has 1 aromatic heterocycles. The molecule has 4 rings (SSSR count). The highest BCUT2D eigenvalue weighted by molar-refractivity contribution is 5.76. The third-order valence-electron chi connectivity index (χ3n) is 7.97. The molecule has 2 saturated carbocycles. The summed E-state index contributed by atoms with van der Waals surface area (Å²) in [6.07, 6.45) is 9.22. The van der Waals surface area contributed by atoms with Crippen LogP contribution in [0.3, 0.4) is 0 Å². The van der Waals surface area contributed by atoms with Crippen LogP contribution >= 0.6 is 0 Å². The zero-order valence-corrected chi connectivity index (χ0v) is 14.9.